The fraction of sp³-hybridized carbons (Fsp3) is 0.381. The van der Waals surface area contributed by atoms with E-state index in [0.29, 0.717) is 18.9 Å². The third kappa shape index (κ3) is 4.13. The van der Waals surface area contributed by atoms with Crippen LogP contribution < -0.4 is 10.1 Å². The number of benzene rings is 1. The molecule has 4 nitrogen and oxygen atoms in total. The summed E-state index contributed by atoms with van der Waals surface area (Å²) in [5.74, 6) is 1.44. The average molecular weight is 338 g/mol. The molecule has 0 radical (unpaired) electrons. The Kier molecular flexibility index (Phi) is 5.27. The van der Waals surface area contributed by atoms with Crippen LogP contribution in [0.15, 0.2) is 48.2 Å². The van der Waals surface area contributed by atoms with Gasteiger partial charge in [0.15, 0.2) is 0 Å². The molecule has 1 aliphatic carbocycles. The van der Waals surface area contributed by atoms with Gasteiger partial charge in [-0.1, -0.05) is 23.8 Å². The summed E-state index contributed by atoms with van der Waals surface area (Å²) in [6, 6.07) is 5.85. The van der Waals surface area contributed by atoms with Gasteiger partial charge in [-0.2, -0.15) is 0 Å². The third-order valence-corrected chi connectivity index (χ3v) is 5.04. The van der Waals surface area contributed by atoms with E-state index in [-0.39, 0.29) is 5.91 Å². The first-order valence-corrected chi connectivity index (χ1v) is 8.81. The zero-order valence-corrected chi connectivity index (χ0v) is 15.0. The van der Waals surface area contributed by atoms with Crippen LogP contribution in [0.4, 0.5) is 0 Å². The average Bonchev–Trinajstić information content (AvgIpc) is 3.02. The topological polar surface area (TPSA) is 54.1 Å². The van der Waals surface area contributed by atoms with Crippen molar-refractivity contribution in [1.29, 1.82) is 0 Å². The number of H-pyrrole nitrogens is 1. The molecule has 0 unspecified atom stereocenters. The molecular formula is C21H26N2O2. The third-order valence-electron chi connectivity index (χ3n) is 5.04. The van der Waals surface area contributed by atoms with E-state index in [4.69, 9.17) is 4.74 Å². The van der Waals surface area contributed by atoms with Crippen LogP contribution in [-0.2, 0) is 11.2 Å². The van der Waals surface area contributed by atoms with E-state index in [1.165, 1.54) is 11.1 Å². The van der Waals surface area contributed by atoms with Crippen LogP contribution in [0.5, 0.6) is 5.75 Å². The first-order chi connectivity index (χ1) is 12.1. The second kappa shape index (κ2) is 7.60. The number of carbonyl (C=O) groups excluding carboxylic acids is 1. The number of amides is 1. The Morgan fingerprint density at radius 1 is 1.44 bits per heavy atom. The van der Waals surface area contributed by atoms with E-state index in [9.17, 15) is 4.79 Å². The highest BCUT2D eigenvalue weighted by molar-refractivity contribution is 5.89. The molecule has 1 amide bonds. The van der Waals surface area contributed by atoms with E-state index in [1.807, 2.05) is 24.4 Å². The number of hydrogen-bond donors (Lipinski definition) is 2. The van der Waals surface area contributed by atoms with E-state index in [1.54, 1.807) is 7.11 Å². The lowest BCUT2D eigenvalue weighted by atomic mass is 9.85. The number of allylic oxidation sites excluding steroid dienone is 2. The Labute approximate surface area is 149 Å². The largest absolute Gasteiger partial charge is 0.497 e. The van der Waals surface area contributed by atoms with Crippen molar-refractivity contribution >= 4 is 16.8 Å². The Bertz CT molecular complexity index is 816. The maximum absolute atomic E-state index is 12.3. The standard InChI is InChI=1S/C21H26N2O2/c1-14(2)16-6-4-15(5-7-16)12-23-21(24)10-17-13-22-20-9-8-18(25-3)11-19(17)20/h4,8-9,11,13,16,22H,1,5-7,10,12H2,2-3H3,(H,23,24)/t16-/m0/s1. The molecule has 2 N–H and O–H groups in total. The highest BCUT2D eigenvalue weighted by atomic mass is 16.5. The minimum absolute atomic E-state index is 0.0478. The molecule has 2 aromatic rings. The van der Waals surface area contributed by atoms with E-state index in [2.05, 4.69) is 29.9 Å². The Morgan fingerprint density at radius 3 is 2.96 bits per heavy atom. The van der Waals surface area contributed by atoms with Crippen molar-refractivity contribution in [3.63, 3.8) is 0 Å². The molecule has 1 aromatic heterocycles. The first kappa shape index (κ1) is 17.3. The van der Waals surface area contributed by atoms with Gasteiger partial charge in [-0.3, -0.25) is 4.79 Å². The quantitative estimate of drug-likeness (QED) is 0.778. The SMILES string of the molecule is C=C(C)[C@H]1CC=C(CNC(=O)Cc2c[nH]c3ccc(OC)cc23)CC1. The van der Waals surface area contributed by atoms with Crippen molar-refractivity contribution in [2.24, 2.45) is 5.92 Å². The lowest BCUT2D eigenvalue weighted by Crippen LogP contribution is -2.28. The number of fused-ring (bicyclic) bond motifs is 1. The minimum atomic E-state index is 0.0478. The minimum Gasteiger partial charge on any atom is -0.497 e. The summed E-state index contributed by atoms with van der Waals surface area (Å²) >= 11 is 0. The summed E-state index contributed by atoms with van der Waals surface area (Å²) in [7, 11) is 1.65. The summed E-state index contributed by atoms with van der Waals surface area (Å²) in [6.07, 6.45) is 7.76. The van der Waals surface area contributed by atoms with Crippen LogP contribution >= 0.6 is 0 Å². The molecule has 1 aromatic carbocycles. The molecule has 1 heterocycles. The number of ether oxygens (including phenoxy) is 1. The van der Waals surface area contributed by atoms with E-state index < -0.39 is 0 Å². The highest BCUT2D eigenvalue weighted by Crippen LogP contribution is 2.28. The fourth-order valence-electron chi connectivity index (χ4n) is 3.37. The van der Waals surface area contributed by atoms with Gasteiger partial charge in [-0.15, -0.1) is 0 Å². The van der Waals surface area contributed by atoms with Crippen molar-refractivity contribution in [2.75, 3.05) is 13.7 Å². The van der Waals surface area contributed by atoms with Crippen molar-refractivity contribution in [2.45, 2.75) is 32.6 Å². The van der Waals surface area contributed by atoms with Crippen LogP contribution in [-0.4, -0.2) is 24.5 Å². The van der Waals surface area contributed by atoms with Crippen molar-refractivity contribution in [3.05, 3.63) is 53.8 Å². The van der Waals surface area contributed by atoms with Gasteiger partial charge in [0.2, 0.25) is 5.91 Å². The normalized spacial score (nSPS) is 17.2. The molecule has 0 saturated heterocycles. The molecule has 0 fully saturated rings. The lowest BCUT2D eigenvalue weighted by Gasteiger charge is -2.22. The molecule has 3 rings (SSSR count). The van der Waals surface area contributed by atoms with Gasteiger partial charge in [0.25, 0.3) is 0 Å². The van der Waals surface area contributed by atoms with Crippen molar-refractivity contribution < 1.29 is 9.53 Å². The van der Waals surface area contributed by atoms with Crippen LogP contribution in [0.25, 0.3) is 10.9 Å². The maximum atomic E-state index is 12.3. The zero-order chi connectivity index (χ0) is 17.8. The summed E-state index contributed by atoms with van der Waals surface area (Å²) in [5, 5.41) is 4.09. The molecule has 0 saturated carbocycles. The molecular weight excluding hydrogens is 312 g/mol. The Hall–Kier alpha value is -2.49. The van der Waals surface area contributed by atoms with Gasteiger partial charge in [-0.05, 0) is 55.9 Å². The number of hydrogen-bond acceptors (Lipinski definition) is 2. The summed E-state index contributed by atoms with van der Waals surface area (Å²) in [4.78, 5) is 15.5. The van der Waals surface area contributed by atoms with Crippen molar-refractivity contribution in [3.8, 4) is 5.75 Å². The molecule has 0 spiro atoms. The van der Waals surface area contributed by atoms with E-state index in [0.717, 1.165) is 41.5 Å². The van der Waals surface area contributed by atoms with Crippen LogP contribution in [0.3, 0.4) is 0 Å². The second-order valence-corrected chi connectivity index (χ2v) is 6.86. The zero-order valence-electron chi connectivity index (χ0n) is 15.0. The Morgan fingerprint density at radius 2 is 2.28 bits per heavy atom. The van der Waals surface area contributed by atoms with Gasteiger partial charge >= 0.3 is 0 Å². The monoisotopic (exact) mass is 338 g/mol. The number of aromatic amines is 1. The molecule has 0 bridgehead atoms. The highest BCUT2D eigenvalue weighted by Gasteiger charge is 2.15. The number of nitrogens with one attached hydrogen (secondary N) is 2. The first-order valence-electron chi connectivity index (χ1n) is 8.81. The number of aromatic nitrogens is 1. The molecule has 1 atom stereocenters. The Balaban J connectivity index is 1.57. The predicted octanol–water partition coefficient (Wildman–Crippen LogP) is 4.14. The van der Waals surface area contributed by atoms with Gasteiger partial charge in [-0.25, -0.2) is 0 Å². The van der Waals surface area contributed by atoms with E-state index >= 15 is 0 Å². The lowest BCUT2D eigenvalue weighted by molar-refractivity contribution is -0.120. The van der Waals surface area contributed by atoms with Crippen molar-refractivity contribution in [1.82, 2.24) is 10.3 Å². The summed E-state index contributed by atoms with van der Waals surface area (Å²) in [5.41, 5.74) is 4.59. The number of methoxy groups -OCH3 is 1. The summed E-state index contributed by atoms with van der Waals surface area (Å²) < 4.78 is 5.28. The molecule has 25 heavy (non-hydrogen) atoms. The smallest absolute Gasteiger partial charge is 0.224 e. The van der Waals surface area contributed by atoms with Gasteiger partial charge in [0, 0.05) is 23.6 Å². The molecule has 132 valence electrons. The van der Waals surface area contributed by atoms with Gasteiger partial charge < -0.3 is 15.0 Å². The van der Waals surface area contributed by atoms with Crippen LogP contribution in [0.2, 0.25) is 0 Å². The predicted molar refractivity (Wildman–Crippen MR) is 102 cm³/mol. The van der Waals surface area contributed by atoms with Gasteiger partial charge in [0.1, 0.15) is 5.75 Å². The molecule has 4 heteroatoms. The fourth-order valence-corrected chi connectivity index (χ4v) is 3.37. The van der Waals surface area contributed by atoms with Crippen LogP contribution in [0.1, 0.15) is 31.7 Å². The summed E-state index contributed by atoms with van der Waals surface area (Å²) in [6.45, 7) is 6.79. The number of carbonyl (C=O) groups is 1. The maximum Gasteiger partial charge on any atom is 0.224 e. The second-order valence-electron chi connectivity index (χ2n) is 6.86. The molecule has 0 aliphatic heterocycles. The van der Waals surface area contributed by atoms with Crippen LogP contribution in [0, 0.1) is 5.92 Å². The van der Waals surface area contributed by atoms with Gasteiger partial charge in [0.05, 0.1) is 13.5 Å². The number of rotatable bonds is 6. The molecule has 1 aliphatic rings.